The van der Waals surface area contributed by atoms with Crippen molar-refractivity contribution in [2.75, 3.05) is 32.7 Å². The Morgan fingerprint density at radius 3 is 2.17 bits per heavy atom. The largest absolute Gasteiger partial charge is 0.352 e. The van der Waals surface area contributed by atoms with Crippen LogP contribution in [-0.4, -0.2) is 60.4 Å². The first kappa shape index (κ1) is 17.7. The van der Waals surface area contributed by atoms with Gasteiger partial charge >= 0.3 is 0 Å². The summed E-state index contributed by atoms with van der Waals surface area (Å²) in [5.74, 6) is 1.26. The Morgan fingerprint density at radius 2 is 1.50 bits per heavy atom. The maximum Gasteiger partial charge on any atom is 0.234 e. The van der Waals surface area contributed by atoms with Gasteiger partial charge in [0, 0.05) is 38.6 Å². The summed E-state index contributed by atoms with van der Waals surface area (Å²) in [6.07, 6.45) is 11.9. The zero-order chi connectivity index (χ0) is 16.8. The zero-order valence-corrected chi connectivity index (χ0v) is 15.0. The molecule has 2 saturated carbocycles. The fourth-order valence-corrected chi connectivity index (χ4v) is 4.49. The van der Waals surface area contributed by atoms with E-state index in [-0.39, 0.29) is 5.91 Å². The number of nitrogens with one attached hydrogen (secondary N) is 1. The van der Waals surface area contributed by atoms with Gasteiger partial charge in [0.25, 0.3) is 0 Å². The first-order valence-corrected chi connectivity index (χ1v) is 10.0. The molecule has 5 nitrogen and oxygen atoms in total. The highest BCUT2D eigenvalue weighted by Gasteiger charge is 2.24. The summed E-state index contributed by atoms with van der Waals surface area (Å²) in [4.78, 5) is 28.6. The molecule has 1 aliphatic heterocycles. The van der Waals surface area contributed by atoms with Gasteiger partial charge in [-0.2, -0.15) is 0 Å². The lowest BCUT2D eigenvalue weighted by Crippen LogP contribution is -2.51. The van der Waals surface area contributed by atoms with Crippen LogP contribution in [-0.2, 0) is 9.59 Å². The Labute approximate surface area is 146 Å². The van der Waals surface area contributed by atoms with Crippen LogP contribution < -0.4 is 5.32 Å². The Morgan fingerprint density at radius 1 is 0.875 bits per heavy atom. The third-order valence-corrected chi connectivity index (χ3v) is 6.05. The molecule has 2 amide bonds. The summed E-state index contributed by atoms with van der Waals surface area (Å²) in [6.45, 7) is 3.70. The summed E-state index contributed by atoms with van der Waals surface area (Å²) in [7, 11) is 0. The summed E-state index contributed by atoms with van der Waals surface area (Å²) in [6, 6.07) is 0.399. The second-order valence-corrected chi connectivity index (χ2v) is 7.89. The molecule has 0 bridgehead atoms. The first-order chi connectivity index (χ1) is 11.7. The number of nitrogens with zero attached hydrogens (tertiary/aromatic N) is 2. The van der Waals surface area contributed by atoms with E-state index in [0.717, 1.165) is 51.4 Å². The van der Waals surface area contributed by atoms with Crippen LogP contribution in [0, 0.1) is 5.92 Å². The molecule has 2 aliphatic carbocycles. The highest BCUT2D eigenvalue weighted by Crippen LogP contribution is 2.28. The summed E-state index contributed by atoms with van der Waals surface area (Å²) in [5.41, 5.74) is 0. The topological polar surface area (TPSA) is 52.7 Å². The molecule has 0 aromatic rings. The number of hydrogen-bond donors (Lipinski definition) is 1. The quantitative estimate of drug-likeness (QED) is 0.809. The number of hydrogen-bond acceptors (Lipinski definition) is 3. The average molecular weight is 335 g/mol. The molecular weight excluding hydrogens is 302 g/mol. The van der Waals surface area contributed by atoms with Crippen LogP contribution in [0.3, 0.4) is 0 Å². The Bertz CT molecular complexity index is 420. The molecule has 1 saturated heterocycles. The van der Waals surface area contributed by atoms with Gasteiger partial charge in [-0.3, -0.25) is 14.5 Å². The van der Waals surface area contributed by atoms with Crippen molar-refractivity contribution >= 4 is 11.8 Å². The summed E-state index contributed by atoms with van der Waals surface area (Å²) in [5, 5.41) is 3.15. The van der Waals surface area contributed by atoms with Crippen molar-refractivity contribution in [3.05, 3.63) is 0 Å². The minimum atomic E-state index is 0.155. The maximum atomic E-state index is 12.3. The van der Waals surface area contributed by atoms with Crippen molar-refractivity contribution in [3.63, 3.8) is 0 Å². The zero-order valence-electron chi connectivity index (χ0n) is 15.0. The van der Waals surface area contributed by atoms with Gasteiger partial charge in [0.15, 0.2) is 0 Å². The van der Waals surface area contributed by atoms with Gasteiger partial charge in [-0.25, -0.2) is 0 Å². The van der Waals surface area contributed by atoms with E-state index in [9.17, 15) is 9.59 Å². The maximum absolute atomic E-state index is 12.3. The molecule has 0 aromatic heterocycles. The van der Waals surface area contributed by atoms with Gasteiger partial charge in [0.05, 0.1) is 6.54 Å². The normalized spacial score (nSPS) is 23.8. The molecule has 0 spiro atoms. The third-order valence-electron chi connectivity index (χ3n) is 6.05. The molecule has 3 rings (SSSR count). The first-order valence-electron chi connectivity index (χ1n) is 10.0. The van der Waals surface area contributed by atoms with Gasteiger partial charge in [0.1, 0.15) is 0 Å². The van der Waals surface area contributed by atoms with Gasteiger partial charge < -0.3 is 10.2 Å². The molecule has 3 aliphatic rings. The minimum Gasteiger partial charge on any atom is -0.352 e. The van der Waals surface area contributed by atoms with Gasteiger partial charge in [-0.15, -0.1) is 0 Å². The number of amides is 2. The van der Waals surface area contributed by atoms with Crippen LogP contribution in [0.5, 0.6) is 0 Å². The van der Waals surface area contributed by atoms with E-state index in [2.05, 4.69) is 10.2 Å². The predicted molar refractivity (Wildman–Crippen MR) is 94.6 cm³/mol. The van der Waals surface area contributed by atoms with E-state index in [1.807, 2.05) is 4.90 Å². The van der Waals surface area contributed by atoms with Crippen molar-refractivity contribution < 1.29 is 9.59 Å². The molecule has 0 atom stereocenters. The Hall–Kier alpha value is -1.10. The van der Waals surface area contributed by atoms with Gasteiger partial charge in [0.2, 0.25) is 11.8 Å². The average Bonchev–Trinajstić information content (AvgIpc) is 3.27. The van der Waals surface area contributed by atoms with Crippen molar-refractivity contribution in [3.8, 4) is 0 Å². The van der Waals surface area contributed by atoms with E-state index in [0.29, 0.717) is 24.9 Å². The van der Waals surface area contributed by atoms with Crippen molar-refractivity contribution in [1.29, 1.82) is 0 Å². The number of carbonyl (C=O) groups excluding carboxylic acids is 2. The molecule has 1 heterocycles. The number of rotatable bonds is 6. The second kappa shape index (κ2) is 8.84. The summed E-state index contributed by atoms with van der Waals surface area (Å²) >= 11 is 0. The monoisotopic (exact) mass is 335 g/mol. The van der Waals surface area contributed by atoms with E-state index in [1.54, 1.807) is 0 Å². The number of carbonyl (C=O) groups is 2. The van der Waals surface area contributed by atoms with E-state index in [4.69, 9.17) is 0 Å². The van der Waals surface area contributed by atoms with Crippen LogP contribution in [0.4, 0.5) is 0 Å². The van der Waals surface area contributed by atoms with Crippen molar-refractivity contribution in [2.24, 2.45) is 5.92 Å². The van der Waals surface area contributed by atoms with Gasteiger partial charge in [-0.05, 0) is 25.2 Å². The fraction of sp³-hybridized carbons (Fsp3) is 0.895. The highest BCUT2D eigenvalue weighted by atomic mass is 16.2. The third kappa shape index (κ3) is 5.20. The van der Waals surface area contributed by atoms with Gasteiger partial charge in [-0.1, -0.05) is 38.5 Å². The highest BCUT2D eigenvalue weighted by molar-refractivity contribution is 5.78. The predicted octanol–water partition coefficient (Wildman–Crippen LogP) is 2.16. The Balaban J connectivity index is 1.31. The SMILES string of the molecule is O=C(CN1CCN(C(=O)CCC2CCCC2)CC1)NC1CCCC1. The van der Waals surface area contributed by atoms with E-state index in [1.165, 1.54) is 38.5 Å². The lowest BCUT2D eigenvalue weighted by Gasteiger charge is -2.34. The fourth-order valence-electron chi connectivity index (χ4n) is 4.49. The molecule has 0 aromatic carbocycles. The minimum absolute atomic E-state index is 0.155. The molecule has 3 fully saturated rings. The lowest BCUT2D eigenvalue weighted by atomic mass is 10.0. The van der Waals surface area contributed by atoms with Crippen LogP contribution in [0.1, 0.15) is 64.2 Å². The standard InChI is InChI=1S/C19H33N3O2/c23-18(20-17-7-3-4-8-17)15-21-11-13-22(14-12-21)19(24)10-9-16-5-1-2-6-16/h16-17H,1-15H2,(H,20,23). The van der Waals surface area contributed by atoms with Crippen molar-refractivity contribution in [2.45, 2.75) is 70.3 Å². The Kier molecular flexibility index (Phi) is 6.52. The molecule has 0 unspecified atom stereocenters. The second-order valence-electron chi connectivity index (χ2n) is 7.89. The molecule has 5 heteroatoms. The van der Waals surface area contributed by atoms with E-state index >= 15 is 0 Å². The lowest BCUT2D eigenvalue weighted by molar-refractivity contribution is -0.133. The molecule has 0 radical (unpaired) electrons. The molecule has 24 heavy (non-hydrogen) atoms. The van der Waals surface area contributed by atoms with Crippen LogP contribution in [0.25, 0.3) is 0 Å². The number of piperazine rings is 1. The van der Waals surface area contributed by atoms with Crippen LogP contribution in [0.15, 0.2) is 0 Å². The molecule has 1 N–H and O–H groups in total. The molecule has 136 valence electrons. The summed E-state index contributed by atoms with van der Waals surface area (Å²) < 4.78 is 0. The smallest absolute Gasteiger partial charge is 0.234 e. The van der Waals surface area contributed by atoms with Crippen molar-refractivity contribution in [1.82, 2.24) is 15.1 Å². The van der Waals surface area contributed by atoms with E-state index < -0.39 is 0 Å². The van der Waals surface area contributed by atoms with Crippen LogP contribution >= 0.6 is 0 Å². The molecular formula is C19H33N3O2. The van der Waals surface area contributed by atoms with Crippen LogP contribution in [0.2, 0.25) is 0 Å².